The van der Waals surface area contributed by atoms with E-state index in [9.17, 15) is 0 Å². The number of nitrogens with zero attached hydrogens (tertiary/aromatic N) is 2. The van der Waals surface area contributed by atoms with Crippen molar-refractivity contribution in [3.8, 4) is 0 Å². The second-order valence-electron chi connectivity index (χ2n) is 4.26. The standard InChI is InChI=1S/C10H17BN2O2/c14-11(15)8-9-6-7-13(12-9)10-4-2-1-3-5-10/h6-7,10,14-15H,1-5,8H2. The number of hydrogen-bond donors (Lipinski definition) is 2. The van der Waals surface area contributed by atoms with Crippen LogP contribution >= 0.6 is 0 Å². The maximum absolute atomic E-state index is 8.83. The van der Waals surface area contributed by atoms with Gasteiger partial charge in [0.1, 0.15) is 0 Å². The third-order valence-electron chi connectivity index (χ3n) is 3.00. The van der Waals surface area contributed by atoms with Crippen molar-refractivity contribution in [2.45, 2.75) is 44.5 Å². The van der Waals surface area contributed by atoms with Gasteiger partial charge in [-0.3, -0.25) is 4.68 Å². The van der Waals surface area contributed by atoms with E-state index in [4.69, 9.17) is 10.0 Å². The molecule has 0 unspecified atom stereocenters. The van der Waals surface area contributed by atoms with Gasteiger partial charge in [0.25, 0.3) is 0 Å². The zero-order chi connectivity index (χ0) is 10.7. The number of hydrogen-bond acceptors (Lipinski definition) is 3. The van der Waals surface area contributed by atoms with Crippen LogP contribution < -0.4 is 0 Å². The fraction of sp³-hybridized carbons (Fsp3) is 0.700. The average molecular weight is 208 g/mol. The lowest BCUT2D eigenvalue weighted by molar-refractivity contribution is 0.328. The minimum atomic E-state index is -1.29. The summed E-state index contributed by atoms with van der Waals surface area (Å²) in [6, 6.07) is 2.39. The van der Waals surface area contributed by atoms with E-state index in [-0.39, 0.29) is 6.32 Å². The lowest BCUT2D eigenvalue weighted by Crippen LogP contribution is -2.17. The summed E-state index contributed by atoms with van der Waals surface area (Å²) >= 11 is 0. The molecule has 2 rings (SSSR count). The molecule has 0 aromatic carbocycles. The van der Waals surface area contributed by atoms with Crippen molar-refractivity contribution >= 4 is 7.12 Å². The SMILES string of the molecule is OB(O)Cc1ccn(C2CCCCC2)n1. The summed E-state index contributed by atoms with van der Waals surface area (Å²) in [4.78, 5) is 0. The van der Waals surface area contributed by atoms with Crippen LogP contribution in [0.5, 0.6) is 0 Å². The van der Waals surface area contributed by atoms with E-state index in [0.29, 0.717) is 6.04 Å². The lowest BCUT2D eigenvalue weighted by Gasteiger charge is -2.21. The highest BCUT2D eigenvalue weighted by Gasteiger charge is 2.17. The molecular formula is C10H17BN2O2. The maximum Gasteiger partial charge on any atom is 0.457 e. The summed E-state index contributed by atoms with van der Waals surface area (Å²) in [6.07, 6.45) is 8.46. The summed E-state index contributed by atoms with van der Waals surface area (Å²) in [5.74, 6) is 0. The Hall–Kier alpha value is -0.805. The zero-order valence-corrected chi connectivity index (χ0v) is 8.84. The van der Waals surface area contributed by atoms with Gasteiger partial charge in [0.15, 0.2) is 0 Å². The third-order valence-corrected chi connectivity index (χ3v) is 3.00. The lowest BCUT2D eigenvalue weighted by atomic mass is 9.85. The van der Waals surface area contributed by atoms with Crippen LogP contribution in [0, 0.1) is 0 Å². The highest BCUT2D eigenvalue weighted by molar-refractivity contribution is 6.40. The molecule has 0 radical (unpaired) electrons. The molecule has 15 heavy (non-hydrogen) atoms. The summed E-state index contributed by atoms with van der Waals surface area (Å²) in [6.45, 7) is 0. The first-order valence-electron chi connectivity index (χ1n) is 5.66. The Balaban J connectivity index is 1.99. The van der Waals surface area contributed by atoms with Crippen molar-refractivity contribution < 1.29 is 10.0 Å². The van der Waals surface area contributed by atoms with Crippen LogP contribution in [-0.4, -0.2) is 26.9 Å². The molecule has 82 valence electrons. The van der Waals surface area contributed by atoms with Crippen molar-refractivity contribution in [1.29, 1.82) is 0 Å². The monoisotopic (exact) mass is 208 g/mol. The van der Waals surface area contributed by atoms with Crippen LogP contribution in [-0.2, 0) is 6.32 Å². The topological polar surface area (TPSA) is 58.3 Å². The van der Waals surface area contributed by atoms with Crippen LogP contribution in [0.4, 0.5) is 0 Å². The fourth-order valence-corrected chi connectivity index (χ4v) is 2.22. The van der Waals surface area contributed by atoms with Crippen molar-refractivity contribution in [2.24, 2.45) is 0 Å². The van der Waals surface area contributed by atoms with Gasteiger partial charge < -0.3 is 10.0 Å². The predicted molar refractivity (Wildman–Crippen MR) is 58.2 cm³/mol. The molecule has 0 aliphatic heterocycles. The highest BCUT2D eigenvalue weighted by atomic mass is 16.4. The van der Waals surface area contributed by atoms with Crippen molar-refractivity contribution in [3.05, 3.63) is 18.0 Å². The molecular weight excluding hydrogens is 191 g/mol. The molecule has 0 saturated heterocycles. The average Bonchev–Trinajstić information content (AvgIpc) is 2.67. The molecule has 1 saturated carbocycles. The maximum atomic E-state index is 8.83. The summed E-state index contributed by atoms with van der Waals surface area (Å²) in [5.41, 5.74) is 0.760. The molecule has 0 bridgehead atoms. The molecule has 1 heterocycles. The molecule has 1 aliphatic carbocycles. The quantitative estimate of drug-likeness (QED) is 0.727. The van der Waals surface area contributed by atoms with Gasteiger partial charge in [-0.1, -0.05) is 19.3 Å². The number of rotatable bonds is 3. The van der Waals surface area contributed by atoms with Gasteiger partial charge in [0.2, 0.25) is 0 Å². The van der Waals surface area contributed by atoms with E-state index in [1.165, 1.54) is 32.1 Å². The predicted octanol–water partition coefficient (Wildman–Crippen LogP) is 0.943. The van der Waals surface area contributed by atoms with E-state index < -0.39 is 7.12 Å². The molecule has 4 nitrogen and oxygen atoms in total. The molecule has 5 heteroatoms. The normalized spacial score (nSPS) is 18.0. The second kappa shape index (κ2) is 4.81. The minimum absolute atomic E-state index is 0.222. The van der Waals surface area contributed by atoms with Gasteiger partial charge in [-0.15, -0.1) is 0 Å². The molecule has 1 aliphatic rings. The van der Waals surface area contributed by atoms with E-state index in [1.807, 2.05) is 16.9 Å². The Morgan fingerprint density at radius 2 is 2.07 bits per heavy atom. The first-order valence-corrected chi connectivity index (χ1v) is 5.66. The third kappa shape index (κ3) is 2.82. The van der Waals surface area contributed by atoms with E-state index in [2.05, 4.69) is 5.10 Å². The first kappa shape index (κ1) is 10.7. The van der Waals surface area contributed by atoms with Crippen LogP contribution in [0.3, 0.4) is 0 Å². The minimum Gasteiger partial charge on any atom is -0.427 e. The fourth-order valence-electron chi connectivity index (χ4n) is 2.22. The Kier molecular flexibility index (Phi) is 3.43. The van der Waals surface area contributed by atoms with Gasteiger partial charge in [0, 0.05) is 12.5 Å². The van der Waals surface area contributed by atoms with Crippen molar-refractivity contribution in [2.75, 3.05) is 0 Å². The highest BCUT2D eigenvalue weighted by Crippen LogP contribution is 2.27. The molecule has 0 amide bonds. The summed E-state index contributed by atoms with van der Waals surface area (Å²) in [7, 11) is -1.29. The van der Waals surface area contributed by atoms with Gasteiger partial charge in [-0.2, -0.15) is 5.10 Å². The summed E-state index contributed by atoms with van der Waals surface area (Å²) in [5, 5.41) is 22.0. The Morgan fingerprint density at radius 3 is 2.73 bits per heavy atom. The van der Waals surface area contributed by atoms with Crippen LogP contribution in [0.25, 0.3) is 0 Å². The molecule has 1 aromatic heterocycles. The van der Waals surface area contributed by atoms with Gasteiger partial charge in [-0.25, -0.2) is 0 Å². The largest absolute Gasteiger partial charge is 0.457 e. The van der Waals surface area contributed by atoms with Gasteiger partial charge in [-0.05, 0) is 18.9 Å². The zero-order valence-electron chi connectivity index (χ0n) is 8.84. The second-order valence-corrected chi connectivity index (χ2v) is 4.26. The molecule has 1 fully saturated rings. The Labute approximate surface area is 90.1 Å². The van der Waals surface area contributed by atoms with Gasteiger partial charge in [0.05, 0.1) is 11.7 Å². The van der Waals surface area contributed by atoms with E-state index in [1.54, 1.807) is 0 Å². The summed E-state index contributed by atoms with van der Waals surface area (Å²) < 4.78 is 1.98. The Bertz CT molecular complexity index is 308. The van der Waals surface area contributed by atoms with Gasteiger partial charge >= 0.3 is 7.12 Å². The van der Waals surface area contributed by atoms with Crippen LogP contribution in [0.2, 0.25) is 0 Å². The van der Waals surface area contributed by atoms with Crippen molar-refractivity contribution in [1.82, 2.24) is 9.78 Å². The molecule has 0 spiro atoms. The van der Waals surface area contributed by atoms with Crippen LogP contribution in [0.15, 0.2) is 12.3 Å². The molecule has 2 N–H and O–H groups in total. The first-order chi connectivity index (χ1) is 7.25. The van der Waals surface area contributed by atoms with Crippen molar-refractivity contribution in [3.63, 3.8) is 0 Å². The van der Waals surface area contributed by atoms with Crippen LogP contribution in [0.1, 0.15) is 43.8 Å². The smallest absolute Gasteiger partial charge is 0.427 e. The molecule has 1 aromatic rings. The Morgan fingerprint density at radius 1 is 1.33 bits per heavy atom. The van der Waals surface area contributed by atoms with E-state index in [0.717, 1.165) is 5.69 Å². The van der Waals surface area contributed by atoms with E-state index >= 15 is 0 Å². The molecule has 0 atom stereocenters. The number of aromatic nitrogens is 2.